The van der Waals surface area contributed by atoms with Gasteiger partial charge in [-0.25, -0.2) is 0 Å². The maximum Gasteiger partial charge on any atom is 0.0634 e. The summed E-state index contributed by atoms with van der Waals surface area (Å²) in [5.41, 5.74) is 3.25. The van der Waals surface area contributed by atoms with Gasteiger partial charge in [0.05, 0.1) is 7.05 Å². The number of hydrogen-bond donors (Lipinski definition) is 1. The molecule has 0 amide bonds. The van der Waals surface area contributed by atoms with Crippen LogP contribution in [-0.4, -0.2) is 13.0 Å². The zero-order valence-electron chi connectivity index (χ0n) is 7.56. The Labute approximate surface area is 68.6 Å². The third-order valence-corrected chi connectivity index (χ3v) is 1.23. The highest BCUT2D eigenvalue weighted by molar-refractivity contribution is 5.63. The largest absolute Gasteiger partial charge is 0.550 e. The van der Waals surface area contributed by atoms with Gasteiger partial charge in [-0.05, 0) is 12.8 Å². The minimum atomic E-state index is -0.925. The van der Waals surface area contributed by atoms with E-state index in [2.05, 4.69) is 12.7 Å². The van der Waals surface area contributed by atoms with Crippen molar-refractivity contribution >= 4 is 5.97 Å². The molecule has 0 aromatic heterocycles. The van der Waals surface area contributed by atoms with Gasteiger partial charge in [0.2, 0.25) is 0 Å². The fourth-order valence-electron chi connectivity index (χ4n) is 0.696. The summed E-state index contributed by atoms with van der Waals surface area (Å²) in [5, 5.41) is 9.85. The summed E-state index contributed by atoms with van der Waals surface area (Å²) in [7, 11) is 1.75. The summed E-state index contributed by atoms with van der Waals surface area (Å²) in [4.78, 5) is 9.85. The third kappa shape index (κ3) is 17.7. The summed E-state index contributed by atoms with van der Waals surface area (Å²) in [5.74, 6) is -0.925. The van der Waals surface area contributed by atoms with Crippen LogP contribution in [0.4, 0.5) is 0 Å². The van der Waals surface area contributed by atoms with Crippen molar-refractivity contribution in [3.05, 3.63) is 0 Å². The van der Waals surface area contributed by atoms with E-state index in [4.69, 9.17) is 0 Å². The zero-order valence-corrected chi connectivity index (χ0v) is 7.56. The van der Waals surface area contributed by atoms with E-state index < -0.39 is 5.97 Å². The summed E-state index contributed by atoms with van der Waals surface area (Å²) >= 11 is 0. The molecular weight excluding hydrogens is 142 g/mol. The highest BCUT2D eigenvalue weighted by Crippen LogP contribution is 2.00. The second-order valence-corrected chi connectivity index (χ2v) is 2.18. The first-order valence-electron chi connectivity index (χ1n) is 4.18. The standard InChI is InChI=1S/C7H14O2.CH5N/c1-2-3-4-5-6-7(8)9;1-2/h2-6H2,1H3,(H,8,9);2H2,1H3. The van der Waals surface area contributed by atoms with Crippen LogP contribution < -0.4 is 10.8 Å². The molecular formula is C8H19NO2. The number of unbranched alkanes of at least 4 members (excludes halogenated alkanes) is 3. The number of hydrogen-bond acceptors (Lipinski definition) is 2. The van der Waals surface area contributed by atoms with Crippen molar-refractivity contribution in [3.8, 4) is 0 Å². The van der Waals surface area contributed by atoms with E-state index in [9.17, 15) is 9.90 Å². The van der Waals surface area contributed by atoms with Crippen molar-refractivity contribution in [2.24, 2.45) is 0 Å². The average Bonchev–Trinajstić information content (AvgIpc) is 2.02. The Bertz CT molecular complexity index is 84.2. The summed E-state index contributed by atoms with van der Waals surface area (Å²) in [6, 6.07) is 0. The monoisotopic (exact) mass is 161 g/mol. The SMILES string of the molecule is CCCCCCC(=O)[O-].C[NH3+]. The maximum absolute atomic E-state index is 9.85. The maximum atomic E-state index is 9.85. The molecule has 0 bridgehead atoms. The molecule has 0 unspecified atom stereocenters. The van der Waals surface area contributed by atoms with Crippen molar-refractivity contribution in [2.75, 3.05) is 7.05 Å². The van der Waals surface area contributed by atoms with Crippen LogP contribution in [0.25, 0.3) is 0 Å². The van der Waals surface area contributed by atoms with Gasteiger partial charge in [-0.1, -0.05) is 26.2 Å². The topological polar surface area (TPSA) is 67.8 Å². The van der Waals surface area contributed by atoms with Crippen molar-refractivity contribution in [1.29, 1.82) is 0 Å². The van der Waals surface area contributed by atoms with Gasteiger partial charge in [-0.2, -0.15) is 0 Å². The van der Waals surface area contributed by atoms with Gasteiger partial charge in [0.1, 0.15) is 0 Å². The Morgan fingerprint density at radius 1 is 1.27 bits per heavy atom. The van der Waals surface area contributed by atoms with Gasteiger partial charge in [0.25, 0.3) is 0 Å². The van der Waals surface area contributed by atoms with E-state index >= 15 is 0 Å². The molecule has 0 radical (unpaired) electrons. The van der Waals surface area contributed by atoms with E-state index in [0.29, 0.717) is 0 Å². The van der Waals surface area contributed by atoms with Gasteiger partial charge >= 0.3 is 0 Å². The van der Waals surface area contributed by atoms with Gasteiger partial charge in [0, 0.05) is 5.97 Å². The van der Waals surface area contributed by atoms with Crippen molar-refractivity contribution < 1.29 is 15.6 Å². The minimum Gasteiger partial charge on any atom is -0.550 e. The molecule has 0 saturated carbocycles. The molecule has 3 heteroatoms. The van der Waals surface area contributed by atoms with Gasteiger partial charge in [-0.3, -0.25) is 0 Å². The Morgan fingerprint density at radius 2 is 1.82 bits per heavy atom. The number of carboxylic acid groups (broad SMARTS) is 1. The van der Waals surface area contributed by atoms with Crippen LogP contribution in [0.15, 0.2) is 0 Å². The zero-order chi connectivity index (χ0) is 9.11. The second-order valence-electron chi connectivity index (χ2n) is 2.18. The molecule has 0 aliphatic rings. The Morgan fingerprint density at radius 3 is 2.18 bits per heavy atom. The first kappa shape index (κ1) is 13.1. The molecule has 0 aliphatic heterocycles. The van der Waals surface area contributed by atoms with Crippen molar-refractivity contribution in [1.82, 2.24) is 0 Å². The van der Waals surface area contributed by atoms with E-state index in [1.165, 1.54) is 0 Å². The Kier molecular flexibility index (Phi) is 14.4. The molecule has 68 valence electrons. The summed E-state index contributed by atoms with van der Waals surface area (Å²) in [6.07, 6.45) is 4.29. The predicted octanol–water partition coefficient (Wildman–Crippen LogP) is -0.435. The number of carboxylic acids is 1. The van der Waals surface area contributed by atoms with Crippen molar-refractivity contribution in [3.63, 3.8) is 0 Å². The van der Waals surface area contributed by atoms with Gasteiger partial charge in [0.15, 0.2) is 0 Å². The van der Waals surface area contributed by atoms with Crippen LogP contribution in [-0.2, 0) is 4.79 Å². The fourth-order valence-corrected chi connectivity index (χ4v) is 0.696. The number of aliphatic carboxylic acids is 1. The third-order valence-electron chi connectivity index (χ3n) is 1.23. The van der Waals surface area contributed by atoms with Gasteiger partial charge in [-0.15, -0.1) is 0 Å². The molecule has 0 fully saturated rings. The lowest BCUT2D eigenvalue weighted by atomic mass is 10.2. The van der Waals surface area contributed by atoms with E-state index in [0.717, 1.165) is 25.7 Å². The highest BCUT2D eigenvalue weighted by atomic mass is 16.4. The number of rotatable bonds is 5. The van der Waals surface area contributed by atoms with Crippen LogP contribution in [0, 0.1) is 0 Å². The molecule has 3 N–H and O–H groups in total. The van der Waals surface area contributed by atoms with Crippen molar-refractivity contribution in [2.45, 2.75) is 39.0 Å². The molecule has 0 aromatic rings. The first-order chi connectivity index (χ1) is 5.27. The van der Waals surface area contributed by atoms with Gasteiger partial charge < -0.3 is 15.6 Å². The van der Waals surface area contributed by atoms with Crippen LogP contribution >= 0.6 is 0 Å². The summed E-state index contributed by atoms with van der Waals surface area (Å²) in [6.45, 7) is 2.10. The highest BCUT2D eigenvalue weighted by Gasteiger charge is 1.86. The minimum absolute atomic E-state index is 0.222. The summed E-state index contributed by atoms with van der Waals surface area (Å²) < 4.78 is 0. The molecule has 0 rings (SSSR count). The molecule has 0 saturated heterocycles. The molecule has 0 heterocycles. The quantitative estimate of drug-likeness (QED) is 0.556. The molecule has 0 atom stereocenters. The van der Waals surface area contributed by atoms with Crippen LogP contribution in [0.2, 0.25) is 0 Å². The smallest absolute Gasteiger partial charge is 0.0634 e. The van der Waals surface area contributed by atoms with Crippen LogP contribution in [0.3, 0.4) is 0 Å². The van der Waals surface area contributed by atoms with E-state index in [1.807, 2.05) is 0 Å². The number of carbonyl (C=O) groups is 1. The van der Waals surface area contributed by atoms with Crippen LogP contribution in [0.5, 0.6) is 0 Å². The molecule has 0 aromatic carbocycles. The molecule has 0 aliphatic carbocycles. The predicted molar refractivity (Wildman–Crippen MR) is 42.6 cm³/mol. The molecule has 11 heavy (non-hydrogen) atoms. The lowest BCUT2D eigenvalue weighted by Crippen LogP contribution is -2.40. The normalized spacial score (nSPS) is 8.27. The lowest BCUT2D eigenvalue weighted by molar-refractivity contribution is -0.325. The Balaban J connectivity index is 0. The second kappa shape index (κ2) is 12.1. The lowest BCUT2D eigenvalue weighted by Gasteiger charge is -1.99. The Hall–Kier alpha value is -0.570. The molecule has 0 spiro atoms. The van der Waals surface area contributed by atoms with E-state index in [-0.39, 0.29) is 6.42 Å². The van der Waals surface area contributed by atoms with Crippen LogP contribution in [0.1, 0.15) is 39.0 Å². The van der Waals surface area contributed by atoms with E-state index in [1.54, 1.807) is 7.05 Å². The fraction of sp³-hybridized carbons (Fsp3) is 0.875. The number of quaternary nitrogens is 1. The molecule has 3 nitrogen and oxygen atoms in total. The first-order valence-corrected chi connectivity index (χ1v) is 4.18. The average molecular weight is 161 g/mol. The number of carbonyl (C=O) groups excluding carboxylic acids is 1.